The van der Waals surface area contributed by atoms with Crippen molar-refractivity contribution in [1.82, 2.24) is 0 Å². The van der Waals surface area contributed by atoms with E-state index in [0.717, 1.165) is 12.0 Å². The molecule has 0 aliphatic carbocycles. The zero-order valence-electron chi connectivity index (χ0n) is 12.7. The van der Waals surface area contributed by atoms with Gasteiger partial charge in [-0.3, -0.25) is 4.79 Å². The van der Waals surface area contributed by atoms with Crippen molar-refractivity contribution in [3.63, 3.8) is 0 Å². The van der Waals surface area contributed by atoms with Crippen LogP contribution in [0.2, 0.25) is 5.02 Å². The summed E-state index contributed by atoms with van der Waals surface area (Å²) in [6, 6.07) is 5.19. The fourth-order valence-electron chi connectivity index (χ4n) is 2.32. The van der Waals surface area contributed by atoms with Crippen molar-refractivity contribution in [2.24, 2.45) is 11.1 Å². The topological polar surface area (TPSA) is 52.3 Å². The number of halogens is 1. The van der Waals surface area contributed by atoms with Crippen molar-refractivity contribution < 1.29 is 9.53 Å². The zero-order valence-corrected chi connectivity index (χ0v) is 13.5. The summed E-state index contributed by atoms with van der Waals surface area (Å²) in [4.78, 5) is 12.1. The zero-order chi connectivity index (χ0) is 15.3. The third-order valence-corrected chi connectivity index (χ3v) is 3.23. The molecule has 1 rings (SSSR count). The number of rotatable bonds is 6. The van der Waals surface area contributed by atoms with Crippen molar-refractivity contribution in [3.05, 3.63) is 28.8 Å². The van der Waals surface area contributed by atoms with Crippen LogP contribution in [0.15, 0.2) is 18.2 Å². The summed E-state index contributed by atoms with van der Waals surface area (Å²) in [5, 5.41) is 0.604. The van der Waals surface area contributed by atoms with E-state index in [2.05, 4.69) is 20.8 Å². The molecule has 1 unspecified atom stereocenters. The van der Waals surface area contributed by atoms with Gasteiger partial charge in [0.2, 0.25) is 0 Å². The van der Waals surface area contributed by atoms with Gasteiger partial charge in [0.1, 0.15) is 11.5 Å². The Hall–Kier alpha value is -1.06. The number of methoxy groups -OCH3 is 1. The van der Waals surface area contributed by atoms with Gasteiger partial charge in [-0.15, -0.1) is 0 Å². The minimum absolute atomic E-state index is 0.104. The van der Waals surface area contributed by atoms with E-state index in [-0.39, 0.29) is 17.2 Å². The third kappa shape index (κ3) is 5.93. The number of nitrogens with two attached hydrogens (primary N) is 1. The van der Waals surface area contributed by atoms with Gasteiger partial charge in [-0.1, -0.05) is 32.4 Å². The molecule has 1 aromatic rings. The fourth-order valence-corrected chi connectivity index (χ4v) is 2.52. The van der Waals surface area contributed by atoms with Crippen molar-refractivity contribution in [2.45, 2.75) is 46.1 Å². The summed E-state index contributed by atoms with van der Waals surface area (Å²) in [5.41, 5.74) is 6.98. The molecule has 0 fully saturated rings. The molecular formula is C16H24ClNO2. The van der Waals surface area contributed by atoms with Gasteiger partial charge in [-0.2, -0.15) is 0 Å². The van der Waals surface area contributed by atoms with Crippen LogP contribution in [0.1, 0.15) is 39.2 Å². The van der Waals surface area contributed by atoms with E-state index < -0.39 is 0 Å². The number of ketones is 1. The van der Waals surface area contributed by atoms with E-state index in [9.17, 15) is 4.79 Å². The van der Waals surface area contributed by atoms with Crippen LogP contribution < -0.4 is 10.5 Å². The van der Waals surface area contributed by atoms with Crippen molar-refractivity contribution in [2.75, 3.05) is 7.11 Å². The molecule has 0 aliphatic heterocycles. The second-order valence-corrected chi connectivity index (χ2v) is 6.84. The van der Waals surface area contributed by atoms with Crippen LogP contribution in [-0.4, -0.2) is 18.9 Å². The molecule has 0 aliphatic rings. The van der Waals surface area contributed by atoms with Crippen LogP contribution in [0.5, 0.6) is 5.75 Å². The Labute approximate surface area is 126 Å². The predicted molar refractivity (Wildman–Crippen MR) is 83.4 cm³/mol. The predicted octanol–water partition coefficient (Wildman–Crippen LogP) is 3.61. The second-order valence-electron chi connectivity index (χ2n) is 6.40. The highest BCUT2D eigenvalue weighted by atomic mass is 35.5. The summed E-state index contributed by atoms with van der Waals surface area (Å²) in [5.74, 6) is 0.800. The Balaban J connectivity index is 2.65. The molecule has 0 saturated heterocycles. The van der Waals surface area contributed by atoms with Crippen LogP contribution in [0.25, 0.3) is 0 Å². The number of carbonyl (C=O) groups excluding carboxylic acids is 1. The van der Waals surface area contributed by atoms with Crippen LogP contribution in [0.3, 0.4) is 0 Å². The van der Waals surface area contributed by atoms with E-state index in [1.807, 2.05) is 0 Å². The first kappa shape index (κ1) is 17.0. The van der Waals surface area contributed by atoms with Gasteiger partial charge in [-0.25, -0.2) is 0 Å². The molecule has 0 saturated carbocycles. The lowest BCUT2D eigenvalue weighted by molar-refractivity contribution is -0.118. The monoisotopic (exact) mass is 297 g/mol. The van der Waals surface area contributed by atoms with Gasteiger partial charge in [0.25, 0.3) is 0 Å². The van der Waals surface area contributed by atoms with Gasteiger partial charge in [0.15, 0.2) is 0 Å². The third-order valence-electron chi connectivity index (χ3n) is 2.99. The summed E-state index contributed by atoms with van der Waals surface area (Å²) >= 11 is 5.96. The summed E-state index contributed by atoms with van der Waals surface area (Å²) in [6.45, 7) is 6.37. The van der Waals surface area contributed by atoms with E-state index >= 15 is 0 Å². The van der Waals surface area contributed by atoms with Gasteiger partial charge in [0.05, 0.1) is 7.11 Å². The maximum Gasteiger partial charge on any atom is 0.138 e. The van der Waals surface area contributed by atoms with Crippen molar-refractivity contribution >= 4 is 17.4 Å². The minimum atomic E-state index is -0.104. The van der Waals surface area contributed by atoms with Gasteiger partial charge >= 0.3 is 0 Å². The first-order valence-electron chi connectivity index (χ1n) is 6.81. The van der Waals surface area contributed by atoms with Crippen molar-refractivity contribution in [1.29, 1.82) is 0 Å². The molecule has 0 spiro atoms. The standard InChI is InChI=1S/C16H24ClNO2/c1-16(2,3)10-13(18)9-14(19)8-11-7-12(17)5-6-15(11)20-4/h5-7,13H,8-10,18H2,1-4H3. The summed E-state index contributed by atoms with van der Waals surface area (Å²) < 4.78 is 5.24. The number of hydrogen-bond donors (Lipinski definition) is 1. The normalized spacial score (nSPS) is 13.1. The Morgan fingerprint density at radius 3 is 2.60 bits per heavy atom. The van der Waals surface area contributed by atoms with E-state index in [0.29, 0.717) is 23.6 Å². The first-order valence-corrected chi connectivity index (χ1v) is 7.19. The van der Waals surface area contributed by atoms with E-state index in [1.54, 1.807) is 25.3 Å². The van der Waals surface area contributed by atoms with Gasteiger partial charge in [-0.05, 0) is 30.0 Å². The first-order chi connectivity index (χ1) is 9.21. The van der Waals surface area contributed by atoms with Crippen LogP contribution in [0.4, 0.5) is 0 Å². The second kappa shape index (κ2) is 7.09. The maximum absolute atomic E-state index is 12.1. The van der Waals surface area contributed by atoms with Gasteiger partial charge < -0.3 is 10.5 Å². The molecular weight excluding hydrogens is 274 g/mol. The summed E-state index contributed by atoms with van der Waals surface area (Å²) in [6.07, 6.45) is 1.51. The Bertz CT molecular complexity index is 466. The van der Waals surface area contributed by atoms with E-state index in [1.165, 1.54) is 0 Å². The molecule has 0 bridgehead atoms. The summed E-state index contributed by atoms with van der Waals surface area (Å²) in [7, 11) is 1.59. The van der Waals surface area contributed by atoms with Crippen LogP contribution in [0, 0.1) is 5.41 Å². The maximum atomic E-state index is 12.1. The lowest BCUT2D eigenvalue weighted by atomic mass is 9.86. The molecule has 20 heavy (non-hydrogen) atoms. The Morgan fingerprint density at radius 2 is 2.05 bits per heavy atom. The van der Waals surface area contributed by atoms with Crippen LogP contribution >= 0.6 is 11.6 Å². The molecule has 0 aromatic heterocycles. The molecule has 4 heteroatoms. The molecule has 1 aromatic carbocycles. The molecule has 0 radical (unpaired) electrons. The average Bonchev–Trinajstić information content (AvgIpc) is 2.26. The fraction of sp³-hybridized carbons (Fsp3) is 0.562. The highest BCUT2D eigenvalue weighted by molar-refractivity contribution is 6.30. The number of hydrogen-bond acceptors (Lipinski definition) is 3. The largest absolute Gasteiger partial charge is 0.496 e. The molecule has 2 N–H and O–H groups in total. The molecule has 1 atom stereocenters. The van der Waals surface area contributed by atoms with Gasteiger partial charge in [0, 0.05) is 29.5 Å². The van der Waals surface area contributed by atoms with Crippen LogP contribution in [-0.2, 0) is 11.2 Å². The number of carbonyl (C=O) groups is 1. The Kier molecular flexibility index (Phi) is 6.03. The van der Waals surface area contributed by atoms with E-state index in [4.69, 9.17) is 22.1 Å². The number of ether oxygens (including phenoxy) is 1. The highest BCUT2D eigenvalue weighted by Crippen LogP contribution is 2.25. The smallest absolute Gasteiger partial charge is 0.138 e. The average molecular weight is 298 g/mol. The molecule has 0 heterocycles. The molecule has 112 valence electrons. The lowest BCUT2D eigenvalue weighted by Gasteiger charge is -2.22. The van der Waals surface area contributed by atoms with Crippen molar-refractivity contribution in [3.8, 4) is 5.75 Å². The Morgan fingerprint density at radius 1 is 1.40 bits per heavy atom. The molecule has 0 amide bonds. The quantitative estimate of drug-likeness (QED) is 0.872. The SMILES string of the molecule is COc1ccc(Cl)cc1CC(=O)CC(N)CC(C)(C)C. The highest BCUT2D eigenvalue weighted by Gasteiger charge is 2.19. The number of benzene rings is 1. The number of Topliss-reactive ketones (excluding diaryl/α,β-unsaturated/α-hetero) is 1. The minimum Gasteiger partial charge on any atom is -0.496 e. The lowest BCUT2D eigenvalue weighted by Crippen LogP contribution is -2.29. The molecule has 3 nitrogen and oxygen atoms in total.